The van der Waals surface area contributed by atoms with E-state index in [9.17, 15) is 0 Å². The van der Waals surface area contributed by atoms with Crippen LogP contribution < -0.4 is 30.4 Å². The average Bonchev–Trinajstić information content (AvgIpc) is 2.34. The molecule has 2 aromatic carbocycles. The summed E-state index contributed by atoms with van der Waals surface area (Å²) in [4.78, 5) is 9.03. The Morgan fingerprint density at radius 2 is 0.895 bits per heavy atom. The normalized spacial score (nSPS) is 11.2. The molecule has 1 heterocycles. The van der Waals surface area contributed by atoms with Gasteiger partial charge in [-0.05, 0) is 24.3 Å². The van der Waals surface area contributed by atoms with E-state index in [0.717, 1.165) is 22.1 Å². The second-order valence-electron chi connectivity index (χ2n) is 3.60. The molecule has 1 N–H and O–H groups in total. The predicted molar refractivity (Wildman–Crippen MR) is 59.3 cm³/mol. The molecule has 3 rings (SSSR count). The summed E-state index contributed by atoms with van der Waals surface area (Å²) in [5, 5.41) is 0. The number of hydrogen-bond acceptors (Lipinski definition) is 6. The van der Waals surface area contributed by atoms with Crippen LogP contribution in [0, 0.1) is 0 Å². The van der Waals surface area contributed by atoms with Crippen molar-refractivity contribution in [1.29, 1.82) is 0 Å². The molecule has 19 heavy (non-hydrogen) atoms. The summed E-state index contributed by atoms with van der Waals surface area (Å²) in [6.07, 6.45) is 0. The minimum absolute atomic E-state index is 0.950. The lowest BCUT2D eigenvalue weighted by Crippen LogP contribution is -4.23. The first-order valence-corrected chi connectivity index (χ1v) is 8.79. The van der Waals surface area contributed by atoms with E-state index in [1.807, 2.05) is 48.5 Å². The molecule has 6 nitrogen and oxygen atoms in total. The molecule has 0 unspecified atom stereocenters. The van der Waals surface area contributed by atoms with E-state index in [-0.39, 0.29) is 0 Å². The summed E-state index contributed by atoms with van der Waals surface area (Å²) in [7, 11) is 0. The lowest BCUT2D eigenvalue weighted by atomic mass is 10.2. The Morgan fingerprint density at radius 1 is 0.684 bits per heavy atom. The lowest BCUT2D eigenvalue weighted by molar-refractivity contribution is -1.92. The zero-order chi connectivity index (χ0) is 13.9. The first kappa shape index (κ1) is 14.0. The third-order valence-corrected chi connectivity index (χ3v) is 2.25. The third-order valence-electron chi connectivity index (χ3n) is 2.25. The summed E-state index contributed by atoms with van der Waals surface area (Å²) in [5.41, 5.74) is 3.80. The Hall–Kier alpha value is -1.39. The maximum Gasteiger partial charge on any atom is 0.368 e. The predicted octanol–water partition coefficient (Wildman–Crippen LogP) is -4.34. The Labute approximate surface area is 114 Å². The quantitative estimate of drug-likeness (QED) is 0.315. The molecular weight excluding hydrogens is 363 g/mol. The van der Waals surface area contributed by atoms with Crippen molar-refractivity contribution in [3.05, 3.63) is 48.5 Å². The van der Waals surface area contributed by atoms with Gasteiger partial charge in [-0.25, -0.2) is 9.97 Å². The summed E-state index contributed by atoms with van der Waals surface area (Å²) in [6, 6.07) is 15.8. The molecule has 0 radical (unpaired) electrons. The summed E-state index contributed by atoms with van der Waals surface area (Å²) in [6.45, 7) is 0. The fraction of sp³-hybridized carbons (Fsp3) is 0. The van der Waals surface area contributed by atoms with Crippen molar-refractivity contribution in [3.8, 4) is 0 Å². The Morgan fingerprint density at radius 3 is 1.11 bits per heavy atom. The van der Waals surface area contributed by atoms with Gasteiger partial charge in [-0.3, -0.25) is 10.3 Å². The number of halogens is 1. The second-order valence-corrected chi connectivity index (χ2v) is 5.86. The molecule has 0 spiro atoms. The van der Waals surface area contributed by atoms with Crippen LogP contribution in [0.5, 0.6) is 0 Å². The smallest absolute Gasteiger partial charge is 0.256 e. The number of hydrogen-bond donors (Lipinski definition) is 1. The molecule has 0 amide bonds. The van der Waals surface area contributed by atoms with Crippen molar-refractivity contribution in [1.82, 2.24) is 9.97 Å². The van der Waals surface area contributed by atoms with Crippen LogP contribution in [0.4, 0.5) is 0 Å². The van der Waals surface area contributed by atoms with Gasteiger partial charge in [0.2, 0.25) is 0 Å². The monoisotopic (exact) mass is 372 g/mol. The molecule has 0 aliphatic heterocycles. The van der Waals surface area contributed by atoms with Crippen molar-refractivity contribution in [3.63, 3.8) is 0 Å². The molecule has 0 aliphatic rings. The van der Waals surface area contributed by atoms with Crippen molar-refractivity contribution in [2.45, 2.75) is 0 Å². The molecule has 0 fully saturated rings. The van der Waals surface area contributed by atoms with Crippen LogP contribution in [-0.2, 0) is 0 Å². The molecule has 0 bridgehead atoms. The van der Waals surface area contributed by atoms with E-state index >= 15 is 0 Å². The van der Waals surface area contributed by atoms with Crippen LogP contribution >= 0.6 is 0 Å². The molecule has 0 saturated heterocycles. The molecule has 0 saturated carbocycles. The van der Waals surface area contributed by atoms with Gasteiger partial charge < -0.3 is 0 Å². The van der Waals surface area contributed by atoms with E-state index in [1.54, 1.807) is 0 Å². The number of aromatic nitrogens is 2. The van der Waals surface area contributed by atoms with E-state index < -0.39 is 20.1 Å². The van der Waals surface area contributed by atoms with Gasteiger partial charge in [0.05, 0.1) is 22.1 Å². The second kappa shape index (κ2) is 5.72. The fourth-order valence-electron chi connectivity index (χ4n) is 1.57. The number of benzene rings is 2. The zero-order valence-electron chi connectivity index (χ0n) is 9.56. The van der Waals surface area contributed by atoms with Crippen LogP contribution in [0.25, 0.3) is 22.1 Å². The van der Waals surface area contributed by atoms with Crippen molar-refractivity contribution in [2.24, 2.45) is 0 Å². The summed E-state index contributed by atoms with van der Waals surface area (Å²) in [5.74, 6) is 0. The molecular formula is C12H9IN2O4. The highest BCUT2D eigenvalue weighted by atomic mass is 127. The third kappa shape index (κ3) is 4.33. The maximum atomic E-state index is 8.73. The Kier molecular flexibility index (Phi) is 4.22. The van der Waals surface area contributed by atoms with Crippen LogP contribution in [0.15, 0.2) is 48.5 Å². The van der Waals surface area contributed by atoms with Crippen LogP contribution in [-0.4, -0.2) is 13.4 Å². The largest absolute Gasteiger partial charge is 0.368 e. The molecule has 7 heteroatoms. The highest BCUT2D eigenvalue weighted by Crippen LogP contribution is 2.14. The SMILES string of the molecule is [O-][I+3]([O-])([O-])O.c1ccc2nc3ccccc3nc2c1. The Balaban J connectivity index is 0.000000232. The van der Waals surface area contributed by atoms with Gasteiger partial charge in [-0.1, -0.05) is 24.3 Å². The fourth-order valence-corrected chi connectivity index (χ4v) is 1.57. The number of para-hydroxylation sites is 4. The van der Waals surface area contributed by atoms with Gasteiger partial charge in [-0.2, -0.15) is 0 Å². The first-order valence-electron chi connectivity index (χ1n) is 5.18. The highest BCUT2D eigenvalue weighted by Gasteiger charge is 2.11. The Bertz CT molecular complexity index is 589. The highest BCUT2D eigenvalue weighted by molar-refractivity contribution is 5.85. The minimum atomic E-state index is -5.69. The molecule has 98 valence electrons. The van der Waals surface area contributed by atoms with Gasteiger partial charge in [-0.15, -0.1) is 0 Å². The first-order chi connectivity index (χ1) is 8.93. The van der Waals surface area contributed by atoms with E-state index in [2.05, 4.69) is 9.97 Å². The molecule has 0 aliphatic carbocycles. The number of fused-ring (bicyclic) bond motifs is 2. The minimum Gasteiger partial charge on any atom is -0.256 e. The van der Waals surface area contributed by atoms with Crippen LogP contribution in [0.1, 0.15) is 0 Å². The van der Waals surface area contributed by atoms with E-state index in [1.165, 1.54) is 0 Å². The molecule has 1 aromatic heterocycles. The van der Waals surface area contributed by atoms with Gasteiger partial charge in [0.15, 0.2) is 0 Å². The summed E-state index contributed by atoms with van der Waals surface area (Å²) >= 11 is -5.69. The van der Waals surface area contributed by atoms with Crippen molar-refractivity contribution in [2.75, 3.05) is 0 Å². The van der Waals surface area contributed by atoms with Crippen LogP contribution in [0.2, 0.25) is 0 Å². The lowest BCUT2D eigenvalue weighted by Gasteiger charge is -1.98. The van der Waals surface area contributed by atoms with Crippen LogP contribution in [0.3, 0.4) is 0 Å². The maximum absolute atomic E-state index is 8.73. The van der Waals surface area contributed by atoms with E-state index in [4.69, 9.17) is 13.7 Å². The molecule has 3 aromatic rings. The zero-order valence-corrected chi connectivity index (χ0v) is 11.7. The average molecular weight is 372 g/mol. The standard InChI is InChI=1S/C12H8N2.HIO4/c1-2-6-10-9(5-1)13-11-7-3-4-8-12(11)14-10;2-1(3,4)5/h1-8H;2H. The van der Waals surface area contributed by atoms with Gasteiger partial charge >= 0.3 is 20.1 Å². The number of nitrogens with zero attached hydrogens (tertiary/aromatic N) is 2. The van der Waals surface area contributed by atoms with Crippen molar-refractivity contribution < 1.29 is 33.8 Å². The van der Waals surface area contributed by atoms with Gasteiger partial charge in [0.1, 0.15) is 0 Å². The van der Waals surface area contributed by atoms with Gasteiger partial charge in [0.25, 0.3) is 0 Å². The van der Waals surface area contributed by atoms with Crippen molar-refractivity contribution >= 4 is 22.1 Å². The number of rotatable bonds is 0. The molecule has 0 atom stereocenters. The van der Waals surface area contributed by atoms with Gasteiger partial charge in [0, 0.05) is 3.44 Å². The topological polar surface area (TPSA) is 115 Å². The summed E-state index contributed by atoms with van der Waals surface area (Å²) < 4.78 is 33.2. The van der Waals surface area contributed by atoms with E-state index in [0.29, 0.717) is 0 Å².